The molecule has 1 fully saturated rings. The van der Waals surface area contributed by atoms with Crippen LogP contribution in [0, 0.1) is 0 Å². The quantitative estimate of drug-likeness (QED) is 0.881. The summed E-state index contributed by atoms with van der Waals surface area (Å²) in [6, 6.07) is 13.3. The van der Waals surface area contributed by atoms with Crippen molar-refractivity contribution >= 4 is 5.91 Å². The van der Waals surface area contributed by atoms with Gasteiger partial charge in [-0.3, -0.25) is 9.69 Å². The number of nitrogens with zero attached hydrogens (tertiary/aromatic N) is 1. The number of para-hydroxylation sites is 1. The summed E-state index contributed by atoms with van der Waals surface area (Å²) in [6.07, 6.45) is 1.69. The van der Waals surface area contributed by atoms with E-state index in [4.69, 9.17) is 14.2 Å². The number of nitrogens with one attached hydrogen (secondary N) is 1. The minimum atomic E-state index is -0.358. The minimum absolute atomic E-state index is 0.0614. The van der Waals surface area contributed by atoms with Crippen LogP contribution in [-0.2, 0) is 6.54 Å². The Labute approximate surface area is 165 Å². The van der Waals surface area contributed by atoms with Gasteiger partial charge in [0.1, 0.15) is 22.8 Å². The van der Waals surface area contributed by atoms with E-state index in [0.29, 0.717) is 17.9 Å². The first-order chi connectivity index (χ1) is 13.6. The number of likely N-dealkylation sites (tertiary alicyclic amines) is 1. The molecule has 6 nitrogen and oxygen atoms in total. The number of carbonyl (C=O) groups excluding carboxylic acids is 1. The molecule has 2 aliphatic heterocycles. The maximum absolute atomic E-state index is 12.3. The van der Waals surface area contributed by atoms with Crippen LogP contribution >= 0.6 is 0 Å². The molecule has 28 heavy (non-hydrogen) atoms. The molecule has 2 heterocycles. The Morgan fingerprint density at radius 3 is 2.39 bits per heavy atom. The van der Waals surface area contributed by atoms with Gasteiger partial charge in [0.15, 0.2) is 0 Å². The number of piperidine rings is 1. The molecule has 0 aliphatic carbocycles. The van der Waals surface area contributed by atoms with Crippen molar-refractivity contribution in [2.75, 3.05) is 33.9 Å². The third kappa shape index (κ3) is 3.52. The Morgan fingerprint density at radius 1 is 1.04 bits per heavy atom. The van der Waals surface area contributed by atoms with Crippen molar-refractivity contribution in [1.29, 1.82) is 0 Å². The highest BCUT2D eigenvalue weighted by Gasteiger charge is 2.40. The maximum Gasteiger partial charge on any atom is 0.255 e. The lowest BCUT2D eigenvalue weighted by Crippen LogP contribution is -2.53. The van der Waals surface area contributed by atoms with Crippen molar-refractivity contribution in [1.82, 2.24) is 10.2 Å². The maximum atomic E-state index is 12.3. The molecule has 0 atom stereocenters. The van der Waals surface area contributed by atoms with Gasteiger partial charge in [-0.05, 0) is 24.3 Å². The van der Waals surface area contributed by atoms with E-state index in [0.717, 1.165) is 49.5 Å². The molecule has 1 saturated heterocycles. The van der Waals surface area contributed by atoms with Crippen molar-refractivity contribution in [2.45, 2.75) is 25.0 Å². The van der Waals surface area contributed by atoms with Crippen molar-refractivity contribution in [2.24, 2.45) is 0 Å². The van der Waals surface area contributed by atoms with Gasteiger partial charge in [-0.25, -0.2) is 0 Å². The molecule has 0 unspecified atom stereocenters. The average Bonchev–Trinajstić information content (AvgIpc) is 2.87. The second kappa shape index (κ2) is 7.72. The van der Waals surface area contributed by atoms with Crippen LogP contribution in [0.5, 0.6) is 17.2 Å². The van der Waals surface area contributed by atoms with Crippen LogP contribution in [-0.4, -0.2) is 50.3 Å². The van der Waals surface area contributed by atoms with Crippen LogP contribution in [0.4, 0.5) is 0 Å². The van der Waals surface area contributed by atoms with E-state index >= 15 is 0 Å². The van der Waals surface area contributed by atoms with Gasteiger partial charge >= 0.3 is 0 Å². The molecule has 148 valence electrons. The van der Waals surface area contributed by atoms with Gasteiger partial charge in [0.2, 0.25) is 0 Å². The van der Waals surface area contributed by atoms with E-state index in [1.165, 1.54) is 0 Å². The lowest BCUT2D eigenvalue weighted by Gasteiger charge is -2.41. The predicted octanol–water partition coefficient (Wildman–Crippen LogP) is 2.86. The molecule has 1 spiro atoms. The fourth-order valence-electron chi connectivity index (χ4n) is 4.05. The summed E-state index contributed by atoms with van der Waals surface area (Å²) in [7, 11) is 3.37. The molecule has 0 radical (unpaired) electrons. The van der Waals surface area contributed by atoms with Crippen LogP contribution < -0.4 is 19.5 Å². The van der Waals surface area contributed by atoms with Gasteiger partial charge in [-0.1, -0.05) is 18.2 Å². The highest BCUT2D eigenvalue weighted by molar-refractivity contribution is 5.97. The summed E-state index contributed by atoms with van der Waals surface area (Å²) in [4.78, 5) is 14.7. The van der Waals surface area contributed by atoms with Gasteiger partial charge in [0, 0.05) is 32.5 Å². The SMILES string of the molecule is COc1cccc(OC)c1CN1CCC2(CC1)CNC(=O)c1ccccc1O2. The molecule has 2 aromatic carbocycles. The number of amides is 1. The van der Waals surface area contributed by atoms with Crippen LogP contribution in [0.25, 0.3) is 0 Å². The number of ether oxygens (including phenoxy) is 3. The second-order valence-electron chi connectivity index (χ2n) is 7.38. The Hall–Kier alpha value is -2.73. The van der Waals surface area contributed by atoms with E-state index in [1.54, 1.807) is 14.2 Å². The zero-order valence-electron chi connectivity index (χ0n) is 16.4. The third-order valence-electron chi connectivity index (χ3n) is 5.71. The summed E-state index contributed by atoms with van der Waals surface area (Å²) < 4.78 is 17.4. The summed E-state index contributed by atoms with van der Waals surface area (Å²) in [6.45, 7) is 3.04. The van der Waals surface area contributed by atoms with Crippen LogP contribution in [0.1, 0.15) is 28.8 Å². The van der Waals surface area contributed by atoms with Gasteiger partial charge in [-0.15, -0.1) is 0 Å². The van der Waals surface area contributed by atoms with E-state index in [-0.39, 0.29) is 11.5 Å². The number of fused-ring (bicyclic) bond motifs is 1. The molecular weight excluding hydrogens is 356 g/mol. The minimum Gasteiger partial charge on any atom is -0.496 e. The summed E-state index contributed by atoms with van der Waals surface area (Å²) >= 11 is 0. The van der Waals surface area contributed by atoms with Crippen molar-refractivity contribution in [3.05, 3.63) is 53.6 Å². The molecule has 4 rings (SSSR count). The Balaban J connectivity index is 1.48. The average molecular weight is 382 g/mol. The molecule has 1 amide bonds. The molecule has 6 heteroatoms. The number of methoxy groups -OCH3 is 2. The number of carbonyl (C=O) groups is 1. The van der Waals surface area contributed by atoms with Crippen molar-refractivity contribution in [3.63, 3.8) is 0 Å². The van der Waals surface area contributed by atoms with Gasteiger partial charge in [-0.2, -0.15) is 0 Å². The predicted molar refractivity (Wildman–Crippen MR) is 106 cm³/mol. The zero-order valence-corrected chi connectivity index (χ0v) is 16.4. The summed E-state index contributed by atoms with van der Waals surface area (Å²) in [5.41, 5.74) is 1.31. The highest BCUT2D eigenvalue weighted by atomic mass is 16.5. The number of hydrogen-bond donors (Lipinski definition) is 1. The first-order valence-corrected chi connectivity index (χ1v) is 9.62. The van der Waals surface area contributed by atoms with Gasteiger partial charge in [0.25, 0.3) is 5.91 Å². The topological polar surface area (TPSA) is 60.0 Å². The fraction of sp³-hybridized carbons (Fsp3) is 0.409. The van der Waals surface area contributed by atoms with E-state index in [9.17, 15) is 4.79 Å². The lowest BCUT2D eigenvalue weighted by atomic mass is 9.90. The van der Waals surface area contributed by atoms with Gasteiger partial charge < -0.3 is 19.5 Å². The van der Waals surface area contributed by atoms with E-state index < -0.39 is 0 Å². The number of benzene rings is 2. The third-order valence-corrected chi connectivity index (χ3v) is 5.71. The summed E-state index contributed by atoms with van der Waals surface area (Å²) in [5.74, 6) is 2.30. The van der Waals surface area contributed by atoms with Crippen LogP contribution in [0.3, 0.4) is 0 Å². The number of hydrogen-bond acceptors (Lipinski definition) is 5. The number of rotatable bonds is 4. The smallest absolute Gasteiger partial charge is 0.255 e. The van der Waals surface area contributed by atoms with Crippen LogP contribution in [0.2, 0.25) is 0 Å². The largest absolute Gasteiger partial charge is 0.496 e. The van der Waals surface area contributed by atoms with E-state index in [2.05, 4.69) is 10.2 Å². The summed E-state index contributed by atoms with van der Waals surface area (Å²) in [5, 5.41) is 3.04. The molecule has 1 N–H and O–H groups in total. The first-order valence-electron chi connectivity index (χ1n) is 9.62. The molecule has 2 aliphatic rings. The molecule has 2 aromatic rings. The van der Waals surface area contributed by atoms with Gasteiger partial charge in [0.05, 0.1) is 31.9 Å². The zero-order chi connectivity index (χ0) is 19.6. The van der Waals surface area contributed by atoms with E-state index in [1.807, 2.05) is 42.5 Å². The fourth-order valence-corrected chi connectivity index (χ4v) is 4.05. The Morgan fingerprint density at radius 2 is 1.71 bits per heavy atom. The Bertz CT molecular complexity index is 837. The monoisotopic (exact) mass is 382 g/mol. The molecule has 0 aromatic heterocycles. The highest BCUT2D eigenvalue weighted by Crippen LogP contribution is 2.35. The van der Waals surface area contributed by atoms with Crippen LogP contribution in [0.15, 0.2) is 42.5 Å². The Kier molecular flexibility index (Phi) is 5.13. The molecular formula is C22H26N2O4. The lowest BCUT2D eigenvalue weighted by molar-refractivity contribution is 0.00366. The van der Waals surface area contributed by atoms with Crippen molar-refractivity contribution in [3.8, 4) is 17.2 Å². The molecule has 0 bridgehead atoms. The standard InChI is InChI=1S/C22H26N2O4/c1-26-18-8-5-9-19(27-2)17(18)14-24-12-10-22(11-13-24)15-23-21(25)16-6-3-4-7-20(16)28-22/h3-9H,10-15H2,1-2H3,(H,23,25). The first kappa shape index (κ1) is 18.6. The second-order valence-corrected chi connectivity index (χ2v) is 7.38. The molecule has 0 saturated carbocycles. The van der Waals surface area contributed by atoms with Crippen molar-refractivity contribution < 1.29 is 19.0 Å². The normalized spacial score (nSPS) is 18.6.